The van der Waals surface area contributed by atoms with Gasteiger partial charge >= 0.3 is 0 Å². The molecular formula is C21H34N4O2. The van der Waals surface area contributed by atoms with Crippen LogP contribution < -0.4 is 21.3 Å². The zero-order chi connectivity index (χ0) is 19.6. The van der Waals surface area contributed by atoms with Crippen LogP contribution >= 0.6 is 0 Å². The summed E-state index contributed by atoms with van der Waals surface area (Å²) in [6.07, 6.45) is 7.23. The molecule has 1 aromatic carbocycles. The molecule has 0 spiro atoms. The molecule has 1 atom stereocenters. The van der Waals surface area contributed by atoms with Gasteiger partial charge < -0.3 is 21.3 Å². The lowest BCUT2D eigenvalue weighted by molar-refractivity contribution is -0.128. The molecule has 1 fully saturated rings. The van der Waals surface area contributed by atoms with Crippen molar-refractivity contribution < 1.29 is 9.59 Å². The summed E-state index contributed by atoms with van der Waals surface area (Å²) in [5.74, 6) is -0.326. The van der Waals surface area contributed by atoms with Crippen molar-refractivity contribution in [1.29, 1.82) is 0 Å². The number of nitrogens with two attached hydrogens (primary N) is 1. The van der Waals surface area contributed by atoms with E-state index in [4.69, 9.17) is 5.73 Å². The van der Waals surface area contributed by atoms with Crippen LogP contribution in [0.15, 0.2) is 18.2 Å². The van der Waals surface area contributed by atoms with E-state index in [9.17, 15) is 9.59 Å². The molecule has 1 aromatic rings. The Morgan fingerprint density at radius 3 is 2.59 bits per heavy atom. The highest BCUT2D eigenvalue weighted by Crippen LogP contribution is 2.28. The minimum Gasteiger partial charge on any atom is -0.397 e. The van der Waals surface area contributed by atoms with Crippen LogP contribution in [0.4, 0.5) is 11.4 Å². The zero-order valence-electron chi connectivity index (χ0n) is 16.7. The van der Waals surface area contributed by atoms with E-state index >= 15 is 0 Å². The highest BCUT2D eigenvalue weighted by molar-refractivity contribution is 5.87. The van der Waals surface area contributed by atoms with Crippen molar-refractivity contribution in [2.45, 2.75) is 64.8 Å². The number of anilines is 2. The molecule has 0 saturated carbocycles. The Bertz CT molecular complexity index is 627. The highest BCUT2D eigenvalue weighted by Gasteiger charge is 2.21. The van der Waals surface area contributed by atoms with Gasteiger partial charge in [0, 0.05) is 33.0 Å². The second-order valence-corrected chi connectivity index (χ2v) is 7.40. The molecule has 1 aliphatic heterocycles. The Balaban J connectivity index is 2.06. The highest BCUT2D eigenvalue weighted by atomic mass is 16.2. The van der Waals surface area contributed by atoms with E-state index in [1.165, 1.54) is 26.2 Å². The predicted molar refractivity (Wildman–Crippen MR) is 111 cm³/mol. The number of unbranched alkanes of at least 4 members (excludes halogenated alkanes) is 2. The number of amides is 2. The summed E-state index contributed by atoms with van der Waals surface area (Å²) in [6, 6.07) is 5.35. The minimum atomic E-state index is -0.568. The van der Waals surface area contributed by atoms with Crippen LogP contribution in [0.25, 0.3) is 0 Å². The summed E-state index contributed by atoms with van der Waals surface area (Å²) in [4.78, 5) is 26.4. The summed E-state index contributed by atoms with van der Waals surface area (Å²) in [5.41, 5.74) is 9.01. The molecule has 4 N–H and O–H groups in total. The van der Waals surface area contributed by atoms with Crippen LogP contribution in [-0.2, 0) is 16.0 Å². The first-order chi connectivity index (χ1) is 13.0. The Labute approximate surface area is 162 Å². The first kappa shape index (κ1) is 21.1. The number of benzene rings is 1. The monoisotopic (exact) mass is 374 g/mol. The van der Waals surface area contributed by atoms with Crippen LogP contribution in [0, 0.1) is 0 Å². The molecule has 0 radical (unpaired) electrons. The number of hydrogen-bond donors (Lipinski definition) is 3. The summed E-state index contributed by atoms with van der Waals surface area (Å²) in [7, 11) is 0. The maximum Gasteiger partial charge on any atom is 0.242 e. The lowest BCUT2D eigenvalue weighted by Gasteiger charge is -2.30. The Kier molecular flexibility index (Phi) is 8.43. The molecular weight excluding hydrogens is 340 g/mol. The van der Waals surface area contributed by atoms with Crippen molar-refractivity contribution in [3.63, 3.8) is 0 Å². The van der Waals surface area contributed by atoms with E-state index in [2.05, 4.69) is 28.5 Å². The topological polar surface area (TPSA) is 87.5 Å². The number of carbonyl (C=O) groups excluding carboxylic acids is 2. The van der Waals surface area contributed by atoms with Gasteiger partial charge in [0.05, 0.1) is 11.4 Å². The third-order valence-electron chi connectivity index (χ3n) is 5.00. The van der Waals surface area contributed by atoms with E-state index in [0.717, 1.165) is 49.3 Å². The lowest BCUT2D eigenvalue weighted by atomic mass is 10.0. The van der Waals surface area contributed by atoms with Crippen molar-refractivity contribution in [2.24, 2.45) is 0 Å². The Morgan fingerprint density at radius 1 is 1.19 bits per heavy atom. The minimum absolute atomic E-state index is 0.127. The van der Waals surface area contributed by atoms with E-state index in [1.807, 2.05) is 12.1 Å². The van der Waals surface area contributed by atoms with Crippen molar-refractivity contribution >= 4 is 23.2 Å². The second kappa shape index (κ2) is 10.8. The SMILES string of the molecule is CCCCCNC(=O)C(Cc1ccc(N)c(N2CCCCC2)c1)NC(C)=O. The third-order valence-corrected chi connectivity index (χ3v) is 5.00. The smallest absolute Gasteiger partial charge is 0.242 e. The van der Waals surface area contributed by atoms with Crippen molar-refractivity contribution in [3.8, 4) is 0 Å². The second-order valence-electron chi connectivity index (χ2n) is 7.40. The molecule has 6 heteroatoms. The molecule has 0 aliphatic carbocycles. The van der Waals surface area contributed by atoms with Gasteiger partial charge in [-0.3, -0.25) is 9.59 Å². The predicted octanol–water partition coefficient (Wildman–Crippen LogP) is 2.61. The molecule has 2 rings (SSSR count). The largest absolute Gasteiger partial charge is 0.397 e. The quantitative estimate of drug-likeness (QED) is 0.458. The van der Waals surface area contributed by atoms with Gasteiger partial charge in [-0.25, -0.2) is 0 Å². The zero-order valence-corrected chi connectivity index (χ0v) is 16.7. The van der Waals surface area contributed by atoms with Gasteiger partial charge in [-0.1, -0.05) is 25.8 Å². The van der Waals surface area contributed by atoms with Crippen LogP contribution in [0.5, 0.6) is 0 Å². The van der Waals surface area contributed by atoms with Crippen LogP contribution in [0.3, 0.4) is 0 Å². The fraction of sp³-hybridized carbons (Fsp3) is 0.619. The maximum atomic E-state index is 12.5. The van der Waals surface area contributed by atoms with Crippen LogP contribution in [-0.4, -0.2) is 37.5 Å². The lowest BCUT2D eigenvalue weighted by Crippen LogP contribution is -2.47. The molecule has 6 nitrogen and oxygen atoms in total. The van der Waals surface area contributed by atoms with Gasteiger partial charge in [-0.15, -0.1) is 0 Å². The summed E-state index contributed by atoms with van der Waals surface area (Å²) < 4.78 is 0. The van der Waals surface area contributed by atoms with E-state index in [1.54, 1.807) is 0 Å². The molecule has 0 aromatic heterocycles. The first-order valence-corrected chi connectivity index (χ1v) is 10.2. The van der Waals surface area contributed by atoms with Gasteiger partial charge in [-0.2, -0.15) is 0 Å². The number of rotatable bonds is 9. The van der Waals surface area contributed by atoms with Crippen molar-refractivity contribution in [1.82, 2.24) is 10.6 Å². The van der Waals surface area contributed by atoms with Gasteiger partial charge in [0.2, 0.25) is 11.8 Å². The van der Waals surface area contributed by atoms with Crippen molar-refractivity contribution in [2.75, 3.05) is 30.3 Å². The number of nitrogens with zero attached hydrogens (tertiary/aromatic N) is 1. The fourth-order valence-electron chi connectivity index (χ4n) is 3.53. The van der Waals surface area contributed by atoms with Gasteiger partial charge in [0.1, 0.15) is 6.04 Å². The number of hydrogen-bond acceptors (Lipinski definition) is 4. The molecule has 1 saturated heterocycles. The van der Waals surface area contributed by atoms with Crippen LogP contribution in [0.2, 0.25) is 0 Å². The normalized spacial score (nSPS) is 15.3. The van der Waals surface area contributed by atoms with E-state index < -0.39 is 6.04 Å². The Hall–Kier alpha value is -2.24. The fourth-order valence-corrected chi connectivity index (χ4v) is 3.53. The number of carbonyl (C=O) groups is 2. The van der Waals surface area contributed by atoms with Gasteiger partial charge in [0.25, 0.3) is 0 Å². The third kappa shape index (κ3) is 6.77. The van der Waals surface area contributed by atoms with Gasteiger partial charge in [0.15, 0.2) is 0 Å². The molecule has 0 bridgehead atoms. The molecule has 27 heavy (non-hydrogen) atoms. The average Bonchev–Trinajstić information content (AvgIpc) is 2.66. The standard InChI is InChI=1S/C21H34N4O2/c1-3-4-6-11-23-21(27)19(24-16(2)26)14-17-9-10-18(22)20(15-17)25-12-7-5-8-13-25/h9-10,15,19H,3-8,11-14,22H2,1-2H3,(H,23,27)(H,24,26). The van der Waals surface area contributed by atoms with E-state index in [0.29, 0.717) is 13.0 Å². The van der Waals surface area contributed by atoms with E-state index in [-0.39, 0.29) is 11.8 Å². The first-order valence-electron chi connectivity index (χ1n) is 10.2. The Morgan fingerprint density at radius 2 is 1.93 bits per heavy atom. The summed E-state index contributed by atoms with van der Waals surface area (Å²) in [5, 5.41) is 5.73. The molecule has 2 amide bonds. The molecule has 1 unspecified atom stereocenters. The average molecular weight is 375 g/mol. The summed E-state index contributed by atoms with van der Waals surface area (Å²) in [6.45, 7) is 6.24. The molecule has 1 heterocycles. The maximum absolute atomic E-state index is 12.5. The number of nitrogen functional groups attached to an aromatic ring is 1. The molecule has 1 aliphatic rings. The summed E-state index contributed by atoms with van der Waals surface area (Å²) >= 11 is 0. The van der Waals surface area contributed by atoms with Crippen molar-refractivity contribution in [3.05, 3.63) is 23.8 Å². The van der Waals surface area contributed by atoms with Crippen LogP contribution in [0.1, 0.15) is 57.9 Å². The van der Waals surface area contributed by atoms with Gasteiger partial charge in [-0.05, 0) is 43.4 Å². The molecule has 150 valence electrons. The number of nitrogens with one attached hydrogen (secondary N) is 2. The number of piperidine rings is 1.